The van der Waals surface area contributed by atoms with Crippen LogP contribution in [0, 0.1) is 6.92 Å². The molecule has 3 heteroatoms. The summed E-state index contributed by atoms with van der Waals surface area (Å²) in [6.07, 6.45) is 1.17. The third-order valence-electron chi connectivity index (χ3n) is 3.60. The summed E-state index contributed by atoms with van der Waals surface area (Å²) in [5.74, 6) is 0. The van der Waals surface area contributed by atoms with Crippen molar-refractivity contribution in [2.45, 2.75) is 53.0 Å². The van der Waals surface area contributed by atoms with E-state index in [4.69, 9.17) is 4.98 Å². The van der Waals surface area contributed by atoms with Crippen LogP contribution >= 0.6 is 11.3 Å². The Balaban J connectivity index is 2.17. The smallest absolute Gasteiger partial charge is 0.123 e. The van der Waals surface area contributed by atoms with Crippen LogP contribution in [-0.2, 0) is 12.0 Å². The van der Waals surface area contributed by atoms with Gasteiger partial charge in [-0.1, -0.05) is 52.0 Å². The average Bonchev–Trinajstić information content (AvgIpc) is 2.80. The molecule has 0 spiro atoms. The Bertz CT molecular complexity index is 576. The molecule has 21 heavy (non-hydrogen) atoms. The number of aromatic nitrogens is 1. The van der Waals surface area contributed by atoms with E-state index in [1.54, 1.807) is 11.3 Å². The highest BCUT2D eigenvalue weighted by atomic mass is 32.1. The number of hydrogen-bond acceptors (Lipinski definition) is 3. The molecule has 1 aromatic carbocycles. The van der Waals surface area contributed by atoms with Crippen LogP contribution in [0.2, 0.25) is 0 Å². The molecule has 0 radical (unpaired) electrons. The largest absolute Gasteiger partial charge is 0.312 e. The highest BCUT2D eigenvalue weighted by Crippen LogP contribution is 2.30. The SMILES string of the molecule is CCCNCc1sc(-c2ccc(C(C)(C)C)cc2)nc1C. The van der Waals surface area contributed by atoms with Gasteiger partial charge < -0.3 is 5.32 Å². The van der Waals surface area contributed by atoms with Crippen molar-refractivity contribution in [3.05, 3.63) is 40.4 Å². The minimum Gasteiger partial charge on any atom is -0.312 e. The highest BCUT2D eigenvalue weighted by Gasteiger charge is 2.14. The van der Waals surface area contributed by atoms with Gasteiger partial charge in [0.1, 0.15) is 5.01 Å². The van der Waals surface area contributed by atoms with Gasteiger partial charge in [-0.3, -0.25) is 0 Å². The molecule has 0 saturated heterocycles. The maximum atomic E-state index is 4.73. The number of hydrogen-bond donors (Lipinski definition) is 1. The molecule has 0 amide bonds. The molecule has 1 heterocycles. The van der Waals surface area contributed by atoms with Gasteiger partial charge in [-0.15, -0.1) is 11.3 Å². The zero-order chi connectivity index (χ0) is 15.5. The van der Waals surface area contributed by atoms with Crippen molar-refractivity contribution < 1.29 is 0 Å². The normalized spacial score (nSPS) is 11.9. The summed E-state index contributed by atoms with van der Waals surface area (Å²) >= 11 is 1.80. The molecule has 0 aliphatic carbocycles. The van der Waals surface area contributed by atoms with Crippen molar-refractivity contribution >= 4 is 11.3 Å². The molecule has 1 aromatic heterocycles. The molecule has 0 fully saturated rings. The van der Waals surface area contributed by atoms with Crippen LogP contribution in [0.3, 0.4) is 0 Å². The molecule has 2 nitrogen and oxygen atoms in total. The molecular formula is C18H26N2S. The Hall–Kier alpha value is -1.19. The topological polar surface area (TPSA) is 24.9 Å². The number of nitrogens with one attached hydrogen (secondary N) is 1. The monoisotopic (exact) mass is 302 g/mol. The lowest BCUT2D eigenvalue weighted by Gasteiger charge is -2.18. The Kier molecular flexibility index (Phi) is 5.17. The Morgan fingerprint density at radius 1 is 1.14 bits per heavy atom. The van der Waals surface area contributed by atoms with Crippen molar-refractivity contribution in [3.8, 4) is 10.6 Å². The van der Waals surface area contributed by atoms with Gasteiger partial charge in [0, 0.05) is 17.0 Å². The predicted octanol–water partition coefficient (Wildman–Crippen LogP) is 4.92. The van der Waals surface area contributed by atoms with Gasteiger partial charge in [-0.2, -0.15) is 0 Å². The van der Waals surface area contributed by atoms with Gasteiger partial charge in [-0.25, -0.2) is 4.98 Å². The third kappa shape index (κ3) is 4.14. The van der Waals surface area contributed by atoms with Crippen molar-refractivity contribution in [2.24, 2.45) is 0 Å². The van der Waals surface area contributed by atoms with Crippen LogP contribution in [0.15, 0.2) is 24.3 Å². The molecular weight excluding hydrogens is 276 g/mol. The molecule has 0 bridgehead atoms. The second-order valence-corrected chi connectivity index (χ2v) is 7.62. The van der Waals surface area contributed by atoms with Crippen LogP contribution in [0.25, 0.3) is 10.6 Å². The summed E-state index contributed by atoms with van der Waals surface area (Å²) in [6.45, 7) is 13.0. The number of benzene rings is 1. The summed E-state index contributed by atoms with van der Waals surface area (Å²) in [4.78, 5) is 6.08. The van der Waals surface area contributed by atoms with E-state index >= 15 is 0 Å². The fraction of sp³-hybridized carbons (Fsp3) is 0.500. The second kappa shape index (κ2) is 6.71. The minimum atomic E-state index is 0.201. The lowest BCUT2D eigenvalue weighted by atomic mass is 9.87. The Labute approximate surface area is 132 Å². The van der Waals surface area contributed by atoms with Gasteiger partial charge in [0.2, 0.25) is 0 Å². The summed E-state index contributed by atoms with van der Waals surface area (Å²) in [5, 5.41) is 4.58. The zero-order valence-electron chi connectivity index (χ0n) is 13.8. The van der Waals surface area contributed by atoms with E-state index in [1.165, 1.54) is 22.4 Å². The zero-order valence-corrected chi connectivity index (χ0v) is 14.6. The van der Waals surface area contributed by atoms with Gasteiger partial charge in [0.25, 0.3) is 0 Å². The average molecular weight is 302 g/mol. The summed E-state index contributed by atoms with van der Waals surface area (Å²) in [7, 11) is 0. The van der Waals surface area contributed by atoms with E-state index in [0.717, 1.165) is 23.8 Å². The fourth-order valence-electron chi connectivity index (χ4n) is 2.21. The van der Waals surface area contributed by atoms with Gasteiger partial charge in [0.15, 0.2) is 0 Å². The number of aryl methyl sites for hydroxylation is 1. The van der Waals surface area contributed by atoms with E-state index in [9.17, 15) is 0 Å². The van der Waals surface area contributed by atoms with Crippen molar-refractivity contribution in [1.82, 2.24) is 10.3 Å². The van der Waals surface area contributed by atoms with E-state index in [2.05, 4.69) is 64.2 Å². The van der Waals surface area contributed by atoms with E-state index < -0.39 is 0 Å². The highest BCUT2D eigenvalue weighted by molar-refractivity contribution is 7.15. The van der Waals surface area contributed by atoms with Crippen LogP contribution in [0.1, 0.15) is 50.3 Å². The van der Waals surface area contributed by atoms with E-state index in [-0.39, 0.29) is 5.41 Å². The van der Waals surface area contributed by atoms with Crippen LogP contribution in [0.5, 0.6) is 0 Å². The summed E-state index contributed by atoms with van der Waals surface area (Å²) in [5.41, 5.74) is 3.94. The van der Waals surface area contributed by atoms with Gasteiger partial charge in [-0.05, 0) is 30.9 Å². The first-order valence-electron chi connectivity index (χ1n) is 7.69. The Morgan fingerprint density at radius 3 is 2.38 bits per heavy atom. The third-order valence-corrected chi connectivity index (χ3v) is 4.81. The van der Waals surface area contributed by atoms with Crippen molar-refractivity contribution in [1.29, 1.82) is 0 Å². The first kappa shape index (κ1) is 16.2. The number of thiazole rings is 1. The predicted molar refractivity (Wildman–Crippen MR) is 93.0 cm³/mol. The minimum absolute atomic E-state index is 0.201. The number of nitrogens with zero attached hydrogens (tertiary/aromatic N) is 1. The van der Waals surface area contributed by atoms with E-state index in [1.807, 2.05) is 0 Å². The Morgan fingerprint density at radius 2 is 1.81 bits per heavy atom. The summed E-state index contributed by atoms with van der Waals surface area (Å²) in [6, 6.07) is 8.84. The maximum absolute atomic E-state index is 4.73. The molecule has 0 aliphatic rings. The fourth-order valence-corrected chi connectivity index (χ4v) is 3.24. The van der Waals surface area contributed by atoms with Crippen molar-refractivity contribution in [2.75, 3.05) is 6.54 Å². The standard InChI is InChI=1S/C18H26N2S/c1-6-11-19-12-16-13(2)20-17(21-16)14-7-9-15(10-8-14)18(3,4)5/h7-10,19H,6,11-12H2,1-5H3. The molecule has 0 saturated carbocycles. The van der Waals surface area contributed by atoms with Crippen LogP contribution in [0.4, 0.5) is 0 Å². The quantitative estimate of drug-likeness (QED) is 0.793. The second-order valence-electron chi connectivity index (χ2n) is 6.53. The number of rotatable bonds is 5. The molecule has 2 aromatic rings. The van der Waals surface area contributed by atoms with Crippen molar-refractivity contribution in [3.63, 3.8) is 0 Å². The van der Waals surface area contributed by atoms with Crippen LogP contribution in [-0.4, -0.2) is 11.5 Å². The molecule has 2 rings (SSSR count). The molecule has 114 valence electrons. The van der Waals surface area contributed by atoms with E-state index in [0.29, 0.717) is 0 Å². The molecule has 0 aliphatic heterocycles. The lowest BCUT2D eigenvalue weighted by Crippen LogP contribution is -2.13. The first-order chi connectivity index (χ1) is 9.91. The van der Waals surface area contributed by atoms with Crippen LogP contribution < -0.4 is 5.32 Å². The summed E-state index contributed by atoms with van der Waals surface area (Å²) < 4.78 is 0. The molecule has 1 N–H and O–H groups in total. The van der Waals surface area contributed by atoms with Gasteiger partial charge >= 0.3 is 0 Å². The molecule has 0 atom stereocenters. The first-order valence-corrected chi connectivity index (χ1v) is 8.51. The van der Waals surface area contributed by atoms with Gasteiger partial charge in [0.05, 0.1) is 5.69 Å². The lowest BCUT2D eigenvalue weighted by molar-refractivity contribution is 0.590. The molecule has 0 unspecified atom stereocenters. The maximum Gasteiger partial charge on any atom is 0.123 e.